The molecular formula is C20H30IN5O4. The maximum absolute atomic E-state index is 11.9. The molecule has 166 valence electrons. The largest absolute Gasteiger partial charge is 0.466 e. The topological polar surface area (TPSA) is 126 Å². The number of carbonyl (C=O) groups excluding carboxylic acids is 3. The number of rotatable bonds is 7. The Morgan fingerprint density at radius 2 is 1.80 bits per heavy atom. The Kier molecular flexibility index (Phi) is 11.2. The van der Waals surface area contributed by atoms with Crippen LogP contribution in [0.3, 0.4) is 0 Å². The molecule has 1 saturated heterocycles. The van der Waals surface area contributed by atoms with Crippen molar-refractivity contribution >= 4 is 47.7 Å². The third-order valence-corrected chi connectivity index (χ3v) is 4.72. The van der Waals surface area contributed by atoms with Crippen LogP contribution in [0.4, 0.5) is 0 Å². The molecule has 0 bridgehead atoms. The number of guanidine groups is 1. The van der Waals surface area contributed by atoms with Gasteiger partial charge in [0.05, 0.1) is 19.1 Å². The van der Waals surface area contributed by atoms with Crippen molar-refractivity contribution in [3.05, 3.63) is 35.4 Å². The van der Waals surface area contributed by atoms with E-state index < -0.39 is 5.91 Å². The van der Waals surface area contributed by atoms with Crippen LogP contribution >= 0.6 is 24.0 Å². The number of ether oxygens (including phenoxy) is 1. The minimum atomic E-state index is -0.586. The van der Waals surface area contributed by atoms with Gasteiger partial charge in [0.1, 0.15) is 0 Å². The average molecular weight is 531 g/mol. The summed E-state index contributed by atoms with van der Waals surface area (Å²) in [6.45, 7) is 4.07. The van der Waals surface area contributed by atoms with Gasteiger partial charge < -0.3 is 26.0 Å². The molecule has 2 amide bonds. The van der Waals surface area contributed by atoms with Crippen molar-refractivity contribution in [3.63, 3.8) is 0 Å². The number of carbonyl (C=O) groups is 3. The third kappa shape index (κ3) is 7.81. The molecule has 4 N–H and O–H groups in total. The molecule has 1 fully saturated rings. The lowest BCUT2D eigenvalue weighted by atomic mass is 9.97. The van der Waals surface area contributed by atoms with Crippen LogP contribution in [0.25, 0.3) is 0 Å². The average Bonchev–Trinajstić information content (AvgIpc) is 2.73. The van der Waals surface area contributed by atoms with Crippen molar-refractivity contribution in [2.45, 2.75) is 26.3 Å². The van der Waals surface area contributed by atoms with Crippen molar-refractivity contribution in [2.24, 2.45) is 16.6 Å². The number of primary amides is 1. The fraction of sp³-hybridized carbons (Fsp3) is 0.500. The molecule has 0 saturated carbocycles. The molecule has 2 rings (SSSR count). The van der Waals surface area contributed by atoms with Gasteiger partial charge >= 0.3 is 5.97 Å². The second-order valence-corrected chi connectivity index (χ2v) is 6.76. The molecule has 1 aromatic carbocycles. The molecule has 1 aliphatic heterocycles. The van der Waals surface area contributed by atoms with Gasteiger partial charge in [0.15, 0.2) is 5.96 Å². The highest BCUT2D eigenvalue weighted by Gasteiger charge is 2.27. The quantitative estimate of drug-likeness (QED) is 0.208. The number of aliphatic imine (C=N–C) groups is 1. The van der Waals surface area contributed by atoms with Crippen molar-refractivity contribution in [1.29, 1.82) is 0 Å². The standard InChI is InChI=1S/C20H29N5O4.HI/c1-3-29-19(28)16-8-10-25(11-9-16)20(22-2)24-12-14-4-6-15(7-5-14)18(27)23-13-17(21)26;/h4-7,16H,3,8-13H2,1-2H3,(H2,21,26)(H,22,24)(H,23,27);1H. The number of hydrogen-bond acceptors (Lipinski definition) is 5. The molecule has 10 heteroatoms. The first-order chi connectivity index (χ1) is 13.9. The monoisotopic (exact) mass is 531 g/mol. The van der Waals surface area contributed by atoms with Crippen molar-refractivity contribution in [3.8, 4) is 0 Å². The molecule has 0 unspecified atom stereocenters. The van der Waals surface area contributed by atoms with Crippen LogP contribution in [-0.4, -0.2) is 61.9 Å². The van der Waals surface area contributed by atoms with Crippen LogP contribution in [0.15, 0.2) is 29.3 Å². The lowest BCUT2D eigenvalue weighted by Gasteiger charge is -2.33. The molecule has 1 heterocycles. The predicted octanol–water partition coefficient (Wildman–Crippen LogP) is 0.870. The van der Waals surface area contributed by atoms with Crippen molar-refractivity contribution < 1.29 is 19.1 Å². The third-order valence-electron chi connectivity index (χ3n) is 4.72. The molecule has 30 heavy (non-hydrogen) atoms. The van der Waals surface area contributed by atoms with Gasteiger partial charge in [0.2, 0.25) is 5.91 Å². The zero-order chi connectivity index (χ0) is 21.2. The van der Waals surface area contributed by atoms with Crippen LogP contribution in [-0.2, 0) is 20.9 Å². The van der Waals surface area contributed by atoms with E-state index in [1.54, 1.807) is 19.2 Å². The van der Waals surface area contributed by atoms with Gasteiger partial charge in [-0.1, -0.05) is 12.1 Å². The van der Waals surface area contributed by atoms with E-state index >= 15 is 0 Å². The van der Waals surface area contributed by atoms with E-state index in [2.05, 4.69) is 20.5 Å². The molecule has 0 aromatic heterocycles. The zero-order valence-electron chi connectivity index (χ0n) is 17.3. The first kappa shape index (κ1) is 25.7. The fourth-order valence-electron chi connectivity index (χ4n) is 3.14. The molecule has 0 radical (unpaired) electrons. The van der Waals surface area contributed by atoms with Crippen LogP contribution in [0, 0.1) is 5.92 Å². The van der Waals surface area contributed by atoms with Gasteiger partial charge in [-0.15, -0.1) is 24.0 Å². The number of benzene rings is 1. The number of likely N-dealkylation sites (tertiary alicyclic amines) is 1. The number of esters is 1. The fourth-order valence-corrected chi connectivity index (χ4v) is 3.14. The summed E-state index contributed by atoms with van der Waals surface area (Å²) >= 11 is 0. The number of piperidine rings is 1. The summed E-state index contributed by atoms with van der Waals surface area (Å²) in [5.74, 6) is -0.316. The smallest absolute Gasteiger partial charge is 0.309 e. The van der Waals surface area contributed by atoms with Crippen LogP contribution in [0.2, 0.25) is 0 Å². The lowest BCUT2D eigenvalue weighted by Crippen LogP contribution is -2.46. The van der Waals surface area contributed by atoms with E-state index in [0.717, 1.165) is 37.5 Å². The van der Waals surface area contributed by atoms with E-state index in [-0.39, 0.29) is 48.3 Å². The zero-order valence-corrected chi connectivity index (χ0v) is 19.7. The maximum Gasteiger partial charge on any atom is 0.309 e. The minimum absolute atomic E-state index is 0. The summed E-state index contributed by atoms with van der Waals surface area (Å²) in [6, 6.07) is 7.07. The van der Waals surface area contributed by atoms with E-state index in [1.807, 2.05) is 19.1 Å². The molecule has 0 spiro atoms. The normalized spacial score (nSPS) is 14.5. The Hall–Kier alpha value is -2.37. The highest BCUT2D eigenvalue weighted by Crippen LogP contribution is 2.18. The van der Waals surface area contributed by atoms with E-state index in [9.17, 15) is 14.4 Å². The van der Waals surface area contributed by atoms with Gasteiger partial charge in [0.25, 0.3) is 5.91 Å². The Morgan fingerprint density at radius 1 is 1.17 bits per heavy atom. The number of hydrogen-bond donors (Lipinski definition) is 3. The highest BCUT2D eigenvalue weighted by atomic mass is 127. The van der Waals surface area contributed by atoms with Gasteiger partial charge in [-0.05, 0) is 37.5 Å². The van der Waals surface area contributed by atoms with Crippen LogP contribution in [0.5, 0.6) is 0 Å². The minimum Gasteiger partial charge on any atom is -0.466 e. The highest BCUT2D eigenvalue weighted by molar-refractivity contribution is 14.0. The predicted molar refractivity (Wildman–Crippen MR) is 125 cm³/mol. The van der Waals surface area contributed by atoms with E-state index in [0.29, 0.717) is 18.7 Å². The second kappa shape index (κ2) is 13.0. The summed E-state index contributed by atoms with van der Waals surface area (Å²) in [6.07, 6.45) is 1.49. The first-order valence-corrected chi connectivity index (χ1v) is 9.72. The molecule has 0 aliphatic carbocycles. The van der Waals surface area contributed by atoms with Crippen LogP contribution in [0.1, 0.15) is 35.7 Å². The number of nitrogens with zero attached hydrogens (tertiary/aromatic N) is 2. The summed E-state index contributed by atoms with van der Waals surface area (Å²) in [4.78, 5) is 41.0. The van der Waals surface area contributed by atoms with Crippen molar-refractivity contribution in [2.75, 3.05) is 33.3 Å². The number of halogens is 1. The number of amides is 2. The molecule has 1 aromatic rings. The molecule has 9 nitrogen and oxygen atoms in total. The van der Waals surface area contributed by atoms with Crippen molar-refractivity contribution in [1.82, 2.24) is 15.5 Å². The Balaban J connectivity index is 0.00000450. The van der Waals surface area contributed by atoms with E-state index in [1.165, 1.54) is 0 Å². The first-order valence-electron chi connectivity index (χ1n) is 9.72. The van der Waals surface area contributed by atoms with Gasteiger partial charge in [0, 0.05) is 32.2 Å². The van der Waals surface area contributed by atoms with Gasteiger partial charge in [-0.25, -0.2) is 0 Å². The Bertz CT molecular complexity index is 746. The molecular weight excluding hydrogens is 501 g/mol. The molecule has 0 atom stereocenters. The lowest BCUT2D eigenvalue weighted by molar-refractivity contribution is -0.149. The summed E-state index contributed by atoms with van der Waals surface area (Å²) in [7, 11) is 1.73. The van der Waals surface area contributed by atoms with Crippen LogP contribution < -0.4 is 16.4 Å². The SMILES string of the molecule is CCOC(=O)C1CCN(C(=NC)NCc2ccc(C(=O)NCC(N)=O)cc2)CC1.I. The maximum atomic E-state index is 11.9. The van der Waals surface area contributed by atoms with Gasteiger partial charge in [-0.2, -0.15) is 0 Å². The summed E-state index contributed by atoms with van der Waals surface area (Å²) in [5.41, 5.74) is 6.47. The number of nitrogens with one attached hydrogen (secondary N) is 2. The van der Waals surface area contributed by atoms with E-state index in [4.69, 9.17) is 10.5 Å². The van der Waals surface area contributed by atoms with Gasteiger partial charge in [-0.3, -0.25) is 19.4 Å². The number of nitrogens with two attached hydrogens (primary N) is 1. The Labute approximate surface area is 193 Å². The Morgan fingerprint density at radius 3 is 2.33 bits per heavy atom. The summed E-state index contributed by atoms with van der Waals surface area (Å²) in [5, 5.41) is 5.76. The second-order valence-electron chi connectivity index (χ2n) is 6.76. The molecule has 1 aliphatic rings. The summed E-state index contributed by atoms with van der Waals surface area (Å²) < 4.78 is 5.11.